The van der Waals surface area contributed by atoms with Crippen LogP contribution in [-0.4, -0.2) is 41.2 Å². The van der Waals surface area contributed by atoms with E-state index in [0.29, 0.717) is 21.5 Å². The molecule has 3 rings (SSSR count). The van der Waals surface area contributed by atoms with Gasteiger partial charge in [0.15, 0.2) is 0 Å². The molecule has 1 saturated heterocycles. The van der Waals surface area contributed by atoms with Gasteiger partial charge >= 0.3 is 0 Å². The van der Waals surface area contributed by atoms with Crippen LogP contribution in [0.4, 0.5) is 0 Å². The first kappa shape index (κ1) is 21.1. The zero-order valence-electron chi connectivity index (χ0n) is 16.1. The zero-order valence-corrected chi connectivity index (χ0v) is 17.7. The van der Waals surface area contributed by atoms with Crippen LogP contribution in [0.5, 0.6) is 5.75 Å². The highest BCUT2D eigenvalue weighted by atomic mass is 32.2. The Morgan fingerprint density at radius 2 is 1.90 bits per heavy atom. The van der Waals surface area contributed by atoms with Crippen molar-refractivity contribution in [2.45, 2.75) is 12.8 Å². The first-order valence-corrected chi connectivity index (χ1v) is 10.5. The predicted molar refractivity (Wildman–Crippen MR) is 121 cm³/mol. The molecule has 0 saturated carbocycles. The third-order valence-electron chi connectivity index (χ3n) is 4.44. The molecule has 0 atom stereocenters. The van der Waals surface area contributed by atoms with Gasteiger partial charge in [-0.15, -0.1) is 0 Å². The second-order valence-corrected chi connectivity index (χ2v) is 8.09. The number of amides is 2. The van der Waals surface area contributed by atoms with E-state index in [1.54, 1.807) is 13.2 Å². The number of thiocarbonyl (C=S) groups is 1. The van der Waals surface area contributed by atoms with Crippen LogP contribution < -0.4 is 10.1 Å². The Kier molecular flexibility index (Phi) is 7.43. The molecule has 0 radical (unpaired) electrons. The Morgan fingerprint density at radius 3 is 2.66 bits per heavy atom. The number of rotatable bonds is 8. The SMILES string of the molecule is COc1ccccc1C=C1SC(=S)N(CCC(=O)NCCc2ccccc2)C1=O. The Morgan fingerprint density at radius 1 is 1.17 bits per heavy atom. The number of para-hydroxylation sites is 1. The Hall–Kier alpha value is -2.64. The van der Waals surface area contributed by atoms with Gasteiger partial charge in [0.05, 0.1) is 12.0 Å². The van der Waals surface area contributed by atoms with Crippen LogP contribution in [0.2, 0.25) is 0 Å². The number of ether oxygens (including phenoxy) is 1. The first-order chi connectivity index (χ1) is 14.1. The number of carbonyl (C=O) groups excluding carboxylic acids is 2. The summed E-state index contributed by atoms with van der Waals surface area (Å²) in [4.78, 5) is 26.9. The summed E-state index contributed by atoms with van der Waals surface area (Å²) in [6, 6.07) is 17.5. The van der Waals surface area contributed by atoms with Gasteiger partial charge in [0, 0.05) is 25.1 Å². The standard InChI is InChI=1S/C22H22N2O3S2/c1-27-18-10-6-5-9-17(18)15-19-21(26)24(22(28)29-19)14-12-20(25)23-13-11-16-7-3-2-4-8-16/h2-10,15H,11-14H2,1H3,(H,23,25). The van der Waals surface area contributed by atoms with Crippen LogP contribution in [0.1, 0.15) is 17.5 Å². The van der Waals surface area contributed by atoms with Crippen LogP contribution in [0.3, 0.4) is 0 Å². The normalized spacial score (nSPS) is 15.1. The van der Waals surface area contributed by atoms with Crippen molar-refractivity contribution < 1.29 is 14.3 Å². The summed E-state index contributed by atoms with van der Waals surface area (Å²) in [5, 5.41) is 2.89. The lowest BCUT2D eigenvalue weighted by atomic mass is 10.1. The van der Waals surface area contributed by atoms with Crippen molar-refractivity contribution in [1.29, 1.82) is 0 Å². The number of nitrogens with one attached hydrogen (secondary N) is 1. The van der Waals surface area contributed by atoms with Crippen molar-refractivity contribution in [2.75, 3.05) is 20.2 Å². The topological polar surface area (TPSA) is 58.6 Å². The second kappa shape index (κ2) is 10.2. The predicted octanol–water partition coefficient (Wildman–Crippen LogP) is 3.65. The van der Waals surface area contributed by atoms with Gasteiger partial charge in [-0.2, -0.15) is 0 Å². The van der Waals surface area contributed by atoms with E-state index in [-0.39, 0.29) is 24.8 Å². The van der Waals surface area contributed by atoms with Crippen molar-refractivity contribution >= 4 is 46.2 Å². The van der Waals surface area contributed by atoms with Crippen molar-refractivity contribution in [2.24, 2.45) is 0 Å². The third-order valence-corrected chi connectivity index (χ3v) is 5.82. The summed E-state index contributed by atoms with van der Waals surface area (Å²) < 4.78 is 5.79. The molecule has 0 aliphatic carbocycles. The molecule has 0 aromatic heterocycles. The highest BCUT2D eigenvalue weighted by molar-refractivity contribution is 8.26. The van der Waals surface area contributed by atoms with Crippen LogP contribution in [0.15, 0.2) is 59.5 Å². The van der Waals surface area contributed by atoms with Crippen molar-refractivity contribution in [1.82, 2.24) is 10.2 Å². The summed E-state index contributed by atoms with van der Waals surface area (Å²) in [5.74, 6) is 0.419. The fourth-order valence-corrected chi connectivity index (χ4v) is 4.21. The summed E-state index contributed by atoms with van der Waals surface area (Å²) in [5.41, 5.74) is 1.99. The van der Waals surface area contributed by atoms with Gasteiger partial charge in [-0.1, -0.05) is 72.5 Å². The van der Waals surface area contributed by atoms with Crippen LogP contribution in [0.25, 0.3) is 6.08 Å². The lowest BCUT2D eigenvalue weighted by molar-refractivity contribution is -0.123. The van der Waals surface area contributed by atoms with Gasteiger partial charge in [-0.05, 0) is 24.1 Å². The number of nitrogens with zero attached hydrogens (tertiary/aromatic N) is 1. The molecule has 7 heteroatoms. The van der Waals surface area contributed by atoms with Gasteiger partial charge in [0.2, 0.25) is 5.91 Å². The minimum Gasteiger partial charge on any atom is -0.496 e. The monoisotopic (exact) mass is 426 g/mol. The lowest BCUT2D eigenvalue weighted by Gasteiger charge is -2.14. The first-order valence-electron chi connectivity index (χ1n) is 9.27. The minimum absolute atomic E-state index is 0.0938. The quantitative estimate of drug-likeness (QED) is 0.516. The maximum absolute atomic E-state index is 12.7. The molecule has 1 heterocycles. The fraction of sp³-hybridized carbons (Fsp3) is 0.227. The van der Waals surface area contributed by atoms with Crippen molar-refractivity contribution in [3.63, 3.8) is 0 Å². The third kappa shape index (κ3) is 5.68. The maximum Gasteiger partial charge on any atom is 0.266 e. The highest BCUT2D eigenvalue weighted by Crippen LogP contribution is 2.34. The molecule has 5 nitrogen and oxygen atoms in total. The molecule has 2 aromatic rings. The van der Waals surface area contributed by atoms with Crippen molar-refractivity contribution in [3.05, 3.63) is 70.6 Å². The van der Waals surface area contributed by atoms with E-state index in [2.05, 4.69) is 5.32 Å². The van der Waals surface area contributed by atoms with E-state index < -0.39 is 0 Å². The maximum atomic E-state index is 12.7. The molecule has 1 aliphatic heterocycles. The van der Waals surface area contributed by atoms with E-state index >= 15 is 0 Å². The molecule has 0 spiro atoms. The molecular formula is C22H22N2O3S2. The van der Waals surface area contributed by atoms with E-state index in [4.69, 9.17) is 17.0 Å². The Bertz CT molecular complexity index is 929. The molecule has 2 amide bonds. The number of carbonyl (C=O) groups is 2. The van der Waals surface area contributed by atoms with E-state index in [9.17, 15) is 9.59 Å². The molecule has 0 unspecified atom stereocenters. The number of hydrogen-bond acceptors (Lipinski definition) is 5. The smallest absolute Gasteiger partial charge is 0.266 e. The molecule has 0 bridgehead atoms. The number of methoxy groups -OCH3 is 1. The fourth-order valence-electron chi connectivity index (χ4n) is 2.91. The Labute approximate surface area is 180 Å². The van der Waals surface area contributed by atoms with Gasteiger partial charge < -0.3 is 10.1 Å². The minimum atomic E-state index is -0.178. The summed E-state index contributed by atoms with van der Waals surface area (Å²) in [7, 11) is 1.59. The van der Waals surface area contributed by atoms with E-state index in [1.165, 1.54) is 22.2 Å². The van der Waals surface area contributed by atoms with Gasteiger partial charge in [0.1, 0.15) is 10.1 Å². The van der Waals surface area contributed by atoms with Crippen LogP contribution in [0, 0.1) is 0 Å². The molecule has 1 aliphatic rings. The second-order valence-electron chi connectivity index (χ2n) is 6.41. The van der Waals surface area contributed by atoms with E-state index in [0.717, 1.165) is 12.0 Å². The van der Waals surface area contributed by atoms with Crippen molar-refractivity contribution in [3.8, 4) is 5.75 Å². The summed E-state index contributed by atoms with van der Waals surface area (Å²) in [6.07, 6.45) is 2.76. The average molecular weight is 427 g/mol. The molecular weight excluding hydrogens is 404 g/mol. The number of benzene rings is 2. The largest absolute Gasteiger partial charge is 0.496 e. The lowest BCUT2D eigenvalue weighted by Crippen LogP contribution is -2.34. The molecule has 150 valence electrons. The molecule has 1 N–H and O–H groups in total. The molecule has 2 aromatic carbocycles. The van der Waals surface area contributed by atoms with Gasteiger partial charge in [-0.25, -0.2) is 0 Å². The number of hydrogen-bond donors (Lipinski definition) is 1. The summed E-state index contributed by atoms with van der Waals surface area (Å²) >= 11 is 6.58. The Balaban J connectivity index is 1.52. The van der Waals surface area contributed by atoms with Gasteiger partial charge in [-0.3, -0.25) is 14.5 Å². The zero-order chi connectivity index (χ0) is 20.6. The number of thioether (sulfide) groups is 1. The average Bonchev–Trinajstić information content (AvgIpc) is 3.00. The van der Waals surface area contributed by atoms with Gasteiger partial charge in [0.25, 0.3) is 5.91 Å². The molecule has 29 heavy (non-hydrogen) atoms. The van der Waals surface area contributed by atoms with Crippen LogP contribution in [-0.2, 0) is 16.0 Å². The molecule has 1 fully saturated rings. The highest BCUT2D eigenvalue weighted by Gasteiger charge is 2.32. The van der Waals surface area contributed by atoms with Crippen LogP contribution >= 0.6 is 24.0 Å². The summed E-state index contributed by atoms with van der Waals surface area (Å²) in [6.45, 7) is 0.833. The van der Waals surface area contributed by atoms with E-state index in [1.807, 2.05) is 54.6 Å².